The Bertz CT molecular complexity index is 686. The molecule has 0 atom stereocenters. The Labute approximate surface area is 147 Å². The van der Waals surface area contributed by atoms with Crippen LogP contribution in [-0.2, 0) is 27.3 Å². The number of amides is 1. The van der Waals surface area contributed by atoms with E-state index >= 15 is 0 Å². The number of methoxy groups -OCH3 is 2. The molecule has 1 aromatic carbocycles. The molecule has 1 amide bonds. The number of aromatic nitrogens is 1. The average Bonchev–Trinajstić information content (AvgIpc) is 2.66. The lowest BCUT2D eigenvalue weighted by Gasteiger charge is -2.22. The van der Waals surface area contributed by atoms with E-state index in [-0.39, 0.29) is 24.7 Å². The van der Waals surface area contributed by atoms with Gasteiger partial charge in [-0.25, -0.2) is 0 Å². The molecule has 0 radical (unpaired) electrons. The van der Waals surface area contributed by atoms with Crippen molar-refractivity contribution in [2.45, 2.75) is 19.4 Å². The number of carbonyl (C=O) groups excluding carboxylic acids is 2. The third kappa shape index (κ3) is 5.91. The molecular weight excluding hydrogens is 320 g/mol. The van der Waals surface area contributed by atoms with Crippen molar-refractivity contribution in [3.63, 3.8) is 0 Å². The first-order valence-corrected chi connectivity index (χ1v) is 7.99. The molecule has 1 aromatic heterocycles. The van der Waals surface area contributed by atoms with Gasteiger partial charge in [-0.05, 0) is 29.3 Å². The Morgan fingerprint density at radius 2 is 1.84 bits per heavy atom. The lowest BCUT2D eigenvalue weighted by Crippen LogP contribution is -2.34. The lowest BCUT2D eigenvalue weighted by atomic mass is 10.1. The zero-order valence-electron chi connectivity index (χ0n) is 14.5. The van der Waals surface area contributed by atoms with Crippen LogP contribution in [0.1, 0.15) is 17.5 Å². The molecule has 0 bridgehead atoms. The maximum absolute atomic E-state index is 12.7. The molecule has 6 heteroatoms. The van der Waals surface area contributed by atoms with Gasteiger partial charge in [0.1, 0.15) is 5.75 Å². The molecule has 0 spiro atoms. The van der Waals surface area contributed by atoms with Crippen molar-refractivity contribution < 1.29 is 19.1 Å². The quantitative estimate of drug-likeness (QED) is 0.688. The summed E-state index contributed by atoms with van der Waals surface area (Å²) >= 11 is 0. The van der Waals surface area contributed by atoms with Crippen LogP contribution in [-0.4, -0.2) is 42.5 Å². The van der Waals surface area contributed by atoms with Gasteiger partial charge in [0.15, 0.2) is 0 Å². The summed E-state index contributed by atoms with van der Waals surface area (Å²) in [5.74, 6) is 0.348. The standard InChI is InChI=1S/C19H22N2O4/c1-24-17-7-5-15(6-8-17)12-18(22)21(11-9-19(23)25-2)14-16-4-3-10-20-13-16/h3-8,10,13H,9,11-12,14H2,1-2H3. The van der Waals surface area contributed by atoms with Gasteiger partial charge in [0.05, 0.1) is 27.1 Å². The van der Waals surface area contributed by atoms with Gasteiger partial charge in [0.2, 0.25) is 5.91 Å². The van der Waals surface area contributed by atoms with E-state index in [0.29, 0.717) is 13.1 Å². The first-order valence-electron chi connectivity index (χ1n) is 7.99. The van der Waals surface area contributed by atoms with Crippen LogP contribution in [0, 0.1) is 0 Å². The largest absolute Gasteiger partial charge is 0.497 e. The Morgan fingerprint density at radius 3 is 2.44 bits per heavy atom. The smallest absolute Gasteiger partial charge is 0.307 e. The molecule has 0 unspecified atom stereocenters. The highest BCUT2D eigenvalue weighted by atomic mass is 16.5. The summed E-state index contributed by atoms with van der Waals surface area (Å²) < 4.78 is 9.80. The highest BCUT2D eigenvalue weighted by Gasteiger charge is 2.16. The third-order valence-corrected chi connectivity index (χ3v) is 3.78. The summed E-state index contributed by atoms with van der Waals surface area (Å²) in [6.07, 6.45) is 3.81. The molecular formula is C19H22N2O4. The topological polar surface area (TPSA) is 68.7 Å². The monoisotopic (exact) mass is 342 g/mol. The molecule has 0 N–H and O–H groups in total. The van der Waals surface area contributed by atoms with Gasteiger partial charge in [-0.2, -0.15) is 0 Å². The number of esters is 1. The number of rotatable bonds is 8. The number of hydrogen-bond donors (Lipinski definition) is 0. The van der Waals surface area contributed by atoms with Crippen LogP contribution >= 0.6 is 0 Å². The zero-order chi connectivity index (χ0) is 18.1. The molecule has 0 fully saturated rings. The van der Waals surface area contributed by atoms with Gasteiger partial charge in [-0.15, -0.1) is 0 Å². The third-order valence-electron chi connectivity index (χ3n) is 3.78. The second-order valence-electron chi connectivity index (χ2n) is 5.53. The molecule has 2 aromatic rings. The Kier molecular flexibility index (Phi) is 6.95. The molecule has 0 aliphatic heterocycles. The Morgan fingerprint density at radius 1 is 1.08 bits per heavy atom. The normalized spacial score (nSPS) is 10.2. The summed E-state index contributed by atoms with van der Waals surface area (Å²) in [5.41, 5.74) is 1.80. The van der Waals surface area contributed by atoms with Gasteiger partial charge < -0.3 is 14.4 Å². The minimum absolute atomic E-state index is 0.0575. The fourth-order valence-corrected chi connectivity index (χ4v) is 2.36. The van der Waals surface area contributed by atoms with Crippen LogP contribution in [0.4, 0.5) is 0 Å². The number of nitrogens with zero attached hydrogens (tertiary/aromatic N) is 2. The minimum Gasteiger partial charge on any atom is -0.497 e. The highest BCUT2D eigenvalue weighted by molar-refractivity contribution is 5.79. The van der Waals surface area contributed by atoms with E-state index in [4.69, 9.17) is 4.74 Å². The van der Waals surface area contributed by atoms with Crippen LogP contribution in [0.3, 0.4) is 0 Å². The maximum Gasteiger partial charge on any atom is 0.307 e. The number of benzene rings is 1. The molecule has 25 heavy (non-hydrogen) atoms. The molecule has 0 aliphatic carbocycles. The average molecular weight is 342 g/mol. The van der Waals surface area contributed by atoms with Crippen molar-refractivity contribution in [1.82, 2.24) is 9.88 Å². The van der Waals surface area contributed by atoms with Crippen molar-refractivity contribution in [2.75, 3.05) is 20.8 Å². The summed E-state index contributed by atoms with van der Waals surface area (Å²) in [5, 5.41) is 0. The lowest BCUT2D eigenvalue weighted by molar-refractivity contribution is -0.141. The van der Waals surface area contributed by atoms with E-state index in [9.17, 15) is 9.59 Å². The molecule has 6 nitrogen and oxygen atoms in total. The van der Waals surface area contributed by atoms with Crippen LogP contribution in [0.5, 0.6) is 5.75 Å². The second-order valence-corrected chi connectivity index (χ2v) is 5.53. The van der Waals surface area contributed by atoms with Crippen molar-refractivity contribution >= 4 is 11.9 Å². The van der Waals surface area contributed by atoms with E-state index in [2.05, 4.69) is 9.72 Å². The van der Waals surface area contributed by atoms with E-state index in [0.717, 1.165) is 16.9 Å². The predicted molar refractivity (Wildman–Crippen MR) is 93.0 cm³/mol. The van der Waals surface area contributed by atoms with E-state index in [1.165, 1.54) is 7.11 Å². The van der Waals surface area contributed by atoms with Crippen molar-refractivity contribution in [1.29, 1.82) is 0 Å². The fraction of sp³-hybridized carbons (Fsp3) is 0.316. The maximum atomic E-state index is 12.7. The zero-order valence-corrected chi connectivity index (χ0v) is 14.5. The van der Waals surface area contributed by atoms with E-state index < -0.39 is 0 Å². The van der Waals surface area contributed by atoms with Gasteiger partial charge in [0.25, 0.3) is 0 Å². The van der Waals surface area contributed by atoms with E-state index in [1.54, 1.807) is 24.4 Å². The Hall–Kier alpha value is -2.89. The minimum atomic E-state index is -0.339. The molecule has 0 saturated heterocycles. The predicted octanol–water partition coefficient (Wildman–Crippen LogP) is 2.22. The van der Waals surface area contributed by atoms with Gasteiger partial charge in [-0.1, -0.05) is 18.2 Å². The van der Waals surface area contributed by atoms with Gasteiger partial charge in [0, 0.05) is 25.5 Å². The van der Waals surface area contributed by atoms with E-state index in [1.807, 2.05) is 36.4 Å². The molecule has 0 saturated carbocycles. The molecule has 0 aliphatic rings. The first kappa shape index (κ1) is 18.4. The van der Waals surface area contributed by atoms with Crippen molar-refractivity contribution in [3.05, 3.63) is 59.9 Å². The first-order chi connectivity index (χ1) is 12.1. The fourth-order valence-electron chi connectivity index (χ4n) is 2.36. The summed E-state index contributed by atoms with van der Waals surface area (Å²) in [6, 6.07) is 11.1. The SMILES string of the molecule is COC(=O)CCN(Cc1cccnc1)C(=O)Cc1ccc(OC)cc1. The summed E-state index contributed by atoms with van der Waals surface area (Å²) in [7, 11) is 2.94. The van der Waals surface area contributed by atoms with Gasteiger partial charge in [-0.3, -0.25) is 14.6 Å². The summed E-state index contributed by atoms with van der Waals surface area (Å²) in [4.78, 5) is 29.8. The van der Waals surface area contributed by atoms with Crippen molar-refractivity contribution in [2.24, 2.45) is 0 Å². The second kappa shape index (κ2) is 9.42. The number of carbonyl (C=O) groups is 2. The van der Waals surface area contributed by atoms with Crippen LogP contribution in [0.2, 0.25) is 0 Å². The van der Waals surface area contributed by atoms with Crippen molar-refractivity contribution in [3.8, 4) is 5.75 Å². The van der Waals surface area contributed by atoms with Gasteiger partial charge >= 0.3 is 5.97 Å². The van der Waals surface area contributed by atoms with Crippen LogP contribution in [0.25, 0.3) is 0 Å². The molecule has 1 heterocycles. The highest BCUT2D eigenvalue weighted by Crippen LogP contribution is 2.13. The van der Waals surface area contributed by atoms with Crippen LogP contribution in [0.15, 0.2) is 48.8 Å². The number of pyridine rings is 1. The summed E-state index contributed by atoms with van der Waals surface area (Å²) in [6.45, 7) is 0.705. The molecule has 132 valence electrons. The number of ether oxygens (including phenoxy) is 2. The number of hydrogen-bond acceptors (Lipinski definition) is 5. The Balaban J connectivity index is 2.05. The molecule has 2 rings (SSSR count). The van der Waals surface area contributed by atoms with Crippen LogP contribution < -0.4 is 4.74 Å².